The molecule has 0 aliphatic carbocycles. The van der Waals surface area contributed by atoms with Gasteiger partial charge in [-0.05, 0) is 17.9 Å². The maximum absolute atomic E-state index is 12.9. The number of carbonyl (C=O) groups excluding carboxylic acids is 2. The van der Waals surface area contributed by atoms with E-state index in [1.54, 1.807) is 0 Å². The summed E-state index contributed by atoms with van der Waals surface area (Å²) in [6.07, 6.45) is 6.90. The molecule has 0 aromatic heterocycles. The lowest BCUT2D eigenvalue weighted by molar-refractivity contribution is -0.126. The van der Waals surface area contributed by atoms with E-state index in [0.717, 1.165) is 5.56 Å². The van der Waals surface area contributed by atoms with Gasteiger partial charge < -0.3 is 20.7 Å². The van der Waals surface area contributed by atoms with Crippen LogP contribution in [0.25, 0.3) is 0 Å². The summed E-state index contributed by atoms with van der Waals surface area (Å²) >= 11 is 0. The maximum Gasteiger partial charge on any atom is 0.475 e. The normalized spacial score (nSPS) is 13.6. The Bertz CT molecular complexity index is 772. The summed E-state index contributed by atoms with van der Waals surface area (Å²) in [5.41, 5.74) is 0.708. The van der Waals surface area contributed by atoms with Gasteiger partial charge in [-0.2, -0.15) is 4.99 Å². The summed E-state index contributed by atoms with van der Waals surface area (Å²) in [4.78, 5) is 32.7. The Balaban J connectivity index is 3.06. The molecule has 1 rings (SSSR count). The highest BCUT2D eigenvalue weighted by Gasteiger charge is 2.30. The number of nitrogens with one attached hydrogen (secondary N) is 2. The summed E-state index contributed by atoms with van der Waals surface area (Å²) in [7, 11) is -0.257. The fourth-order valence-electron chi connectivity index (χ4n) is 2.67. The molecule has 4 N–H and O–H groups in total. The number of nitrogens with zero attached hydrogens (tertiary/aromatic N) is 2. The van der Waals surface area contributed by atoms with E-state index in [9.17, 15) is 19.6 Å². The lowest BCUT2D eigenvalue weighted by Gasteiger charge is -2.24. The van der Waals surface area contributed by atoms with Gasteiger partial charge in [0, 0.05) is 19.5 Å². The summed E-state index contributed by atoms with van der Waals surface area (Å²) in [5, 5.41) is 24.4. The van der Waals surface area contributed by atoms with Crippen molar-refractivity contribution < 1.29 is 19.6 Å². The Morgan fingerprint density at radius 2 is 1.90 bits per heavy atom. The molecular weight excluding hydrogens is 371 g/mol. The van der Waals surface area contributed by atoms with Gasteiger partial charge in [-0.1, -0.05) is 50.6 Å². The van der Waals surface area contributed by atoms with Crippen molar-refractivity contribution >= 4 is 30.9 Å². The predicted molar refractivity (Wildman–Crippen MR) is 114 cm³/mol. The zero-order chi connectivity index (χ0) is 21.8. The van der Waals surface area contributed by atoms with Crippen molar-refractivity contribution in [1.29, 1.82) is 0 Å². The van der Waals surface area contributed by atoms with Crippen LogP contribution in [-0.2, 0) is 16.0 Å². The van der Waals surface area contributed by atoms with Gasteiger partial charge in [0.15, 0.2) is 5.71 Å². The SMILES string of the molecule is C#CN=C(C=NC)C(=O)N[C@@H](Cc1ccccc1)C(=O)N[C@@H](CC(C)C)B(O)O. The van der Waals surface area contributed by atoms with Crippen molar-refractivity contribution in [3.05, 3.63) is 35.9 Å². The quantitative estimate of drug-likeness (QED) is 0.251. The van der Waals surface area contributed by atoms with Crippen LogP contribution in [0.3, 0.4) is 0 Å². The Morgan fingerprint density at radius 3 is 2.41 bits per heavy atom. The highest BCUT2D eigenvalue weighted by molar-refractivity contribution is 6.61. The van der Waals surface area contributed by atoms with Crippen LogP contribution in [0, 0.1) is 18.4 Å². The second-order valence-corrected chi connectivity index (χ2v) is 6.89. The molecule has 2 amide bonds. The van der Waals surface area contributed by atoms with E-state index in [1.807, 2.05) is 50.2 Å². The third-order valence-corrected chi connectivity index (χ3v) is 3.99. The van der Waals surface area contributed by atoms with Crippen LogP contribution in [0.5, 0.6) is 0 Å². The second-order valence-electron chi connectivity index (χ2n) is 6.89. The van der Waals surface area contributed by atoms with Gasteiger partial charge in [-0.3, -0.25) is 14.6 Å². The Labute approximate surface area is 171 Å². The van der Waals surface area contributed by atoms with Crippen molar-refractivity contribution in [2.24, 2.45) is 15.9 Å². The van der Waals surface area contributed by atoms with Gasteiger partial charge in [0.05, 0.1) is 12.2 Å². The first-order chi connectivity index (χ1) is 13.8. The van der Waals surface area contributed by atoms with Crippen molar-refractivity contribution in [3.63, 3.8) is 0 Å². The van der Waals surface area contributed by atoms with Crippen LogP contribution in [0.2, 0.25) is 0 Å². The van der Waals surface area contributed by atoms with Crippen LogP contribution in [-0.4, -0.2) is 59.9 Å². The van der Waals surface area contributed by atoms with Gasteiger partial charge in [0.1, 0.15) is 6.04 Å². The molecule has 9 heteroatoms. The molecule has 0 unspecified atom stereocenters. The van der Waals surface area contributed by atoms with E-state index < -0.39 is 30.9 Å². The molecule has 29 heavy (non-hydrogen) atoms. The molecule has 1 aromatic rings. The fraction of sp³-hybridized carbons (Fsp3) is 0.400. The number of carbonyl (C=O) groups is 2. The van der Waals surface area contributed by atoms with E-state index in [-0.39, 0.29) is 18.1 Å². The van der Waals surface area contributed by atoms with Gasteiger partial charge in [-0.15, -0.1) is 0 Å². The highest BCUT2D eigenvalue weighted by atomic mass is 16.4. The molecule has 1 aromatic carbocycles. The lowest BCUT2D eigenvalue weighted by atomic mass is 9.75. The molecule has 0 bridgehead atoms. The molecule has 8 nitrogen and oxygen atoms in total. The van der Waals surface area contributed by atoms with Crippen molar-refractivity contribution in [1.82, 2.24) is 10.6 Å². The van der Waals surface area contributed by atoms with Gasteiger partial charge in [0.25, 0.3) is 5.91 Å². The van der Waals surface area contributed by atoms with Crippen LogP contribution < -0.4 is 10.6 Å². The van der Waals surface area contributed by atoms with E-state index in [2.05, 4.69) is 20.6 Å². The minimum Gasteiger partial charge on any atom is -0.426 e. The van der Waals surface area contributed by atoms with E-state index in [1.165, 1.54) is 13.3 Å². The van der Waals surface area contributed by atoms with Crippen molar-refractivity contribution in [3.8, 4) is 12.5 Å². The Morgan fingerprint density at radius 1 is 1.24 bits per heavy atom. The number of hydrogen-bond acceptors (Lipinski definition) is 6. The zero-order valence-corrected chi connectivity index (χ0v) is 16.9. The molecule has 0 aliphatic rings. The number of amides is 2. The second kappa shape index (κ2) is 12.5. The number of aliphatic imine (C=N–C) groups is 2. The molecule has 0 saturated carbocycles. The molecule has 0 heterocycles. The average molecular weight is 398 g/mol. The first-order valence-corrected chi connectivity index (χ1v) is 9.25. The molecule has 0 aliphatic heterocycles. The van der Waals surface area contributed by atoms with Crippen LogP contribution in [0.15, 0.2) is 40.3 Å². The number of benzene rings is 1. The van der Waals surface area contributed by atoms with Crippen LogP contribution in [0.1, 0.15) is 25.8 Å². The minimum absolute atomic E-state index is 0.109. The fourth-order valence-corrected chi connectivity index (χ4v) is 2.67. The lowest BCUT2D eigenvalue weighted by Crippen LogP contribution is -2.55. The van der Waals surface area contributed by atoms with E-state index in [4.69, 9.17) is 6.42 Å². The summed E-state index contributed by atoms with van der Waals surface area (Å²) in [6.45, 7) is 3.80. The summed E-state index contributed by atoms with van der Waals surface area (Å²) in [6, 6.07) is 10.2. The summed E-state index contributed by atoms with van der Waals surface area (Å²) in [5.74, 6) is -1.95. The number of hydrogen-bond donors (Lipinski definition) is 4. The van der Waals surface area contributed by atoms with Crippen LogP contribution >= 0.6 is 0 Å². The largest absolute Gasteiger partial charge is 0.475 e. The standard InChI is InChI=1S/C20H27BN4O4/c1-5-23-17(13-22-4)20(27)24-16(12-15-9-7-6-8-10-15)19(26)25-18(21(28)29)11-14(2)3/h1,6-10,13-14,16,18,28-29H,11-12H2,2-4H3,(H,24,27)(H,25,26)/t16-,18-/m0/s1. The smallest absolute Gasteiger partial charge is 0.426 e. The molecule has 0 radical (unpaired) electrons. The van der Waals surface area contributed by atoms with Gasteiger partial charge in [0.2, 0.25) is 5.91 Å². The molecule has 0 saturated heterocycles. The molecule has 0 spiro atoms. The third-order valence-electron chi connectivity index (χ3n) is 3.99. The van der Waals surface area contributed by atoms with Crippen LogP contribution in [0.4, 0.5) is 0 Å². The topological polar surface area (TPSA) is 123 Å². The monoisotopic (exact) mass is 398 g/mol. The zero-order valence-electron chi connectivity index (χ0n) is 16.9. The Hall–Kier alpha value is -2.96. The predicted octanol–water partition coefficient (Wildman–Crippen LogP) is -0.0109. The first-order valence-electron chi connectivity index (χ1n) is 9.25. The number of terminal acetylenes is 1. The number of rotatable bonds is 10. The van der Waals surface area contributed by atoms with E-state index >= 15 is 0 Å². The Kier molecular flexibility index (Phi) is 10.4. The minimum atomic E-state index is -1.72. The molecule has 0 fully saturated rings. The summed E-state index contributed by atoms with van der Waals surface area (Å²) < 4.78 is 0. The first kappa shape index (κ1) is 24.1. The van der Waals surface area contributed by atoms with Crippen molar-refractivity contribution in [2.75, 3.05) is 7.05 Å². The average Bonchev–Trinajstić information content (AvgIpc) is 2.67. The molecule has 2 atom stereocenters. The third kappa shape index (κ3) is 8.72. The molecule has 154 valence electrons. The van der Waals surface area contributed by atoms with Gasteiger partial charge >= 0.3 is 7.12 Å². The highest BCUT2D eigenvalue weighted by Crippen LogP contribution is 2.08. The maximum atomic E-state index is 12.9. The molecular formula is C20H27BN4O4. The van der Waals surface area contributed by atoms with E-state index in [0.29, 0.717) is 6.42 Å². The van der Waals surface area contributed by atoms with Crippen molar-refractivity contribution in [2.45, 2.75) is 38.7 Å². The van der Waals surface area contributed by atoms with Gasteiger partial charge in [-0.25, -0.2) is 0 Å².